The predicted octanol–water partition coefficient (Wildman–Crippen LogP) is 3.98. The van der Waals surface area contributed by atoms with Gasteiger partial charge in [-0.15, -0.1) is 0 Å². The molecule has 7 nitrogen and oxygen atoms in total. The van der Waals surface area contributed by atoms with Gasteiger partial charge in [0.25, 0.3) is 0 Å². The fourth-order valence-electron chi connectivity index (χ4n) is 5.34. The van der Waals surface area contributed by atoms with Crippen LogP contribution in [0.2, 0.25) is 0 Å². The standard InChI is InChI=1S/C32H53N5O2/c1-8-20-36(21-17-33-6)29-15-13-28(14-16-29)30(38)32(10-3,34-7)24-25(4)11-12-27(9-2)26(5)31(39)37-22-18-35-19-23-37/h9,11-16,26,31,33-35,39H,4,8,10,17-24H2,1-3,5-7H3/b12-11-,27-9+/t26?,31-,32?/m1/s1. The summed E-state index contributed by atoms with van der Waals surface area (Å²) < 4.78 is 0. The highest BCUT2D eigenvalue weighted by Crippen LogP contribution is 2.28. The van der Waals surface area contributed by atoms with Crippen LogP contribution in [0, 0.1) is 5.92 Å². The molecule has 1 aliphatic heterocycles. The molecule has 1 saturated heterocycles. The Hall–Kier alpha value is -2.29. The summed E-state index contributed by atoms with van der Waals surface area (Å²) in [5.74, 6) is 0.0533. The predicted molar refractivity (Wildman–Crippen MR) is 166 cm³/mol. The van der Waals surface area contributed by atoms with Crippen molar-refractivity contribution in [2.24, 2.45) is 5.92 Å². The molecule has 0 radical (unpaired) electrons. The van der Waals surface area contributed by atoms with Crippen molar-refractivity contribution < 1.29 is 9.90 Å². The molecule has 2 unspecified atom stereocenters. The van der Waals surface area contributed by atoms with E-state index in [0.29, 0.717) is 18.4 Å². The van der Waals surface area contributed by atoms with E-state index in [4.69, 9.17) is 0 Å². The Bertz CT molecular complexity index is 946. The van der Waals surface area contributed by atoms with E-state index in [-0.39, 0.29) is 11.7 Å². The Morgan fingerprint density at radius 3 is 2.38 bits per heavy atom. The van der Waals surface area contributed by atoms with Gasteiger partial charge in [-0.25, -0.2) is 0 Å². The van der Waals surface area contributed by atoms with Crippen molar-refractivity contribution >= 4 is 11.5 Å². The number of Topliss-reactive ketones (excluding diaryl/α,β-unsaturated/α-hetero) is 1. The van der Waals surface area contributed by atoms with E-state index in [1.165, 1.54) is 0 Å². The summed E-state index contributed by atoms with van der Waals surface area (Å²) >= 11 is 0. The molecular formula is C32H53N5O2. The molecule has 0 aliphatic carbocycles. The van der Waals surface area contributed by atoms with Crippen LogP contribution in [-0.4, -0.2) is 87.5 Å². The van der Waals surface area contributed by atoms with Gasteiger partial charge in [-0.3, -0.25) is 9.69 Å². The lowest BCUT2D eigenvalue weighted by molar-refractivity contribution is -0.0298. The average Bonchev–Trinajstić information content (AvgIpc) is 2.98. The largest absolute Gasteiger partial charge is 0.378 e. The van der Waals surface area contributed by atoms with Crippen molar-refractivity contribution in [3.8, 4) is 0 Å². The zero-order chi connectivity index (χ0) is 28.8. The summed E-state index contributed by atoms with van der Waals surface area (Å²) in [6.07, 6.45) is 7.79. The molecule has 1 aliphatic rings. The van der Waals surface area contributed by atoms with Gasteiger partial charge in [0.05, 0.1) is 5.54 Å². The number of aliphatic hydroxyl groups excluding tert-OH is 1. The van der Waals surface area contributed by atoms with Gasteiger partial charge in [-0.2, -0.15) is 0 Å². The molecule has 4 N–H and O–H groups in total. The summed E-state index contributed by atoms with van der Waals surface area (Å²) in [7, 11) is 3.82. The topological polar surface area (TPSA) is 79.9 Å². The minimum atomic E-state index is -0.736. The van der Waals surface area contributed by atoms with E-state index in [9.17, 15) is 9.90 Å². The molecule has 39 heavy (non-hydrogen) atoms. The van der Waals surface area contributed by atoms with Crippen LogP contribution in [-0.2, 0) is 0 Å². The number of piperazine rings is 1. The van der Waals surface area contributed by atoms with E-state index >= 15 is 0 Å². The molecule has 0 amide bonds. The van der Waals surface area contributed by atoms with Crippen LogP contribution in [0.25, 0.3) is 0 Å². The molecule has 3 atom stereocenters. The van der Waals surface area contributed by atoms with Crippen molar-refractivity contribution in [3.63, 3.8) is 0 Å². The van der Waals surface area contributed by atoms with Gasteiger partial charge in [0.1, 0.15) is 6.23 Å². The highest BCUT2D eigenvalue weighted by molar-refractivity contribution is 6.03. The molecule has 1 fully saturated rings. The maximum absolute atomic E-state index is 13.8. The summed E-state index contributed by atoms with van der Waals surface area (Å²) in [6, 6.07) is 8.04. The number of nitrogens with zero attached hydrogens (tertiary/aromatic N) is 2. The first kappa shape index (κ1) is 32.9. The molecule has 1 heterocycles. The lowest BCUT2D eigenvalue weighted by Crippen LogP contribution is -2.50. The normalized spacial score (nSPS) is 18.1. The monoisotopic (exact) mass is 539 g/mol. The number of ketones is 1. The Morgan fingerprint density at radius 2 is 1.85 bits per heavy atom. The zero-order valence-corrected chi connectivity index (χ0v) is 25.2. The third-order valence-corrected chi connectivity index (χ3v) is 8.01. The lowest BCUT2D eigenvalue weighted by atomic mass is 9.81. The second kappa shape index (κ2) is 16.7. The third-order valence-electron chi connectivity index (χ3n) is 8.01. The number of hydrogen-bond acceptors (Lipinski definition) is 7. The first-order valence-electron chi connectivity index (χ1n) is 14.6. The second-order valence-electron chi connectivity index (χ2n) is 10.6. The zero-order valence-electron chi connectivity index (χ0n) is 25.2. The smallest absolute Gasteiger partial charge is 0.183 e. The van der Waals surface area contributed by atoms with Crippen LogP contribution in [0.4, 0.5) is 5.69 Å². The average molecular weight is 540 g/mol. The first-order chi connectivity index (χ1) is 18.8. The molecule has 0 aromatic heterocycles. The number of allylic oxidation sites excluding steroid dienone is 3. The van der Waals surface area contributed by atoms with Crippen LogP contribution >= 0.6 is 0 Å². The molecule has 2 rings (SSSR count). The van der Waals surface area contributed by atoms with E-state index < -0.39 is 11.8 Å². The Kier molecular flexibility index (Phi) is 14.1. The number of benzene rings is 1. The number of hydrogen-bond donors (Lipinski definition) is 4. The molecule has 0 bridgehead atoms. The lowest BCUT2D eigenvalue weighted by Gasteiger charge is -2.35. The van der Waals surface area contributed by atoms with Gasteiger partial charge in [0, 0.05) is 63.0 Å². The Morgan fingerprint density at radius 1 is 1.18 bits per heavy atom. The van der Waals surface area contributed by atoms with Crippen LogP contribution in [0.15, 0.2) is 60.2 Å². The van der Waals surface area contributed by atoms with E-state index in [1.807, 2.05) is 52.2 Å². The van der Waals surface area contributed by atoms with Crippen molar-refractivity contribution in [2.75, 3.05) is 64.8 Å². The number of carbonyl (C=O) groups excluding carboxylic acids is 1. The van der Waals surface area contributed by atoms with Gasteiger partial charge >= 0.3 is 0 Å². The van der Waals surface area contributed by atoms with Gasteiger partial charge in [0.2, 0.25) is 0 Å². The van der Waals surface area contributed by atoms with Crippen molar-refractivity contribution in [2.45, 2.75) is 58.7 Å². The maximum atomic E-state index is 13.8. The number of carbonyl (C=O) groups is 1. The van der Waals surface area contributed by atoms with Crippen molar-refractivity contribution in [3.05, 3.63) is 65.8 Å². The summed E-state index contributed by atoms with van der Waals surface area (Å²) in [6.45, 7) is 18.9. The highest BCUT2D eigenvalue weighted by atomic mass is 16.3. The van der Waals surface area contributed by atoms with Crippen molar-refractivity contribution in [1.82, 2.24) is 20.9 Å². The first-order valence-corrected chi connectivity index (χ1v) is 14.6. The van der Waals surface area contributed by atoms with Gasteiger partial charge in [0.15, 0.2) is 5.78 Å². The summed E-state index contributed by atoms with van der Waals surface area (Å²) in [5, 5.41) is 20.8. The maximum Gasteiger partial charge on any atom is 0.183 e. The number of anilines is 1. The number of nitrogens with one attached hydrogen (secondary N) is 3. The number of rotatable bonds is 17. The SMILES string of the molecule is C=C(/C=C\C(=C/C)C(C)[C@@H](O)N1CCNCC1)CC(CC)(NC)C(=O)c1ccc(N(CCC)CCNC)cc1. The van der Waals surface area contributed by atoms with Crippen molar-refractivity contribution in [1.29, 1.82) is 0 Å². The molecule has 0 spiro atoms. The third kappa shape index (κ3) is 9.12. The van der Waals surface area contributed by atoms with Crippen LogP contribution in [0.3, 0.4) is 0 Å². The molecule has 1 aromatic rings. The van der Waals surface area contributed by atoms with Crippen LogP contribution in [0.5, 0.6) is 0 Å². The van der Waals surface area contributed by atoms with E-state index in [2.05, 4.69) is 64.4 Å². The summed E-state index contributed by atoms with van der Waals surface area (Å²) in [4.78, 5) is 18.3. The minimum Gasteiger partial charge on any atom is -0.378 e. The molecule has 218 valence electrons. The Balaban J connectivity index is 2.13. The fraction of sp³-hybridized carbons (Fsp3) is 0.594. The molecule has 1 aromatic carbocycles. The number of aliphatic hydroxyl groups is 1. The van der Waals surface area contributed by atoms with Crippen LogP contribution < -0.4 is 20.9 Å². The van der Waals surface area contributed by atoms with Gasteiger partial charge in [-0.1, -0.05) is 51.2 Å². The molecule has 0 saturated carbocycles. The Labute approximate surface area is 237 Å². The van der Waals surface area contributed by atoms with Gasteiger partial charge in [-0.05, 0) is 70.1 Å². The second-order valence-corrected chi connectivity index (χ2v) is 10.6. The summed E-state index contributed by atoms with van der Waals surface area (Å²) in [5.41, 5.74) is 3.05. The quantitative estimate of drug-likeness (QED) is 0.176. The molecular weight excluding hydrogens is 486 g/mol. The van der Waals surface area contributed by atoms with E-state index in [0.717, 1.165) is 69.1 Å². The van der Waals surface area contributed by atoms with Gasteiger partial charge < -0.3 is 26.0 Å². The molecule has 7 heteroatoms. The number of likely N-dealkylation sites (N-methyl/N-ethyl adjacent to an activating group) is 2. The highest BCUT2D eigenvalue weighted by Gasteiger charge is 2.36. The van der Waals surface area contributed by atoms with Crippen LogP contribution in [0.1, 0.15) is 57.3 Å². The fourth-order valence-corrected chi connectivity index (χ4v) is 5.34. The minimum absolute atomic E-state index is 0.0297. The van der Waals surface area contributed by atoms with E-state index in [1.54, 1.807) is 0 Å².